The highest BCUT2D eigenvalue weighted by molar-refractivity contribution is 9.10. The first-order chi connectivity index (χ1) is 10.2. The van der Waals surface area contributed by atoms with Crippen LogP contribution in [0.25, 0.3) is 0 Å². The van der Waals surface area contributed by atoms with E-state index in [1.807, 2.05) is 30.3 Å². The molecule has 2 rings (SSSR count). The largest absolute Gasteiger partial charge is 0.494 e. The van der Waals surface area contributed by atoms with Crippen LogP contribution < -0.4 is 4.74 Å². The van der Waals surface area contributed by atoms with Gasteiger partial charge in [0.1, 0.15) is 11.6 Å². The molecule has 1 unspecified atom stereocenters. The highest BCUT2D eigenvalue weighted by Crippen LogP contribution is 2.20. The van der Waals surface area contributed by atoms with Gasteiger partial charge in [0.2, 0.25) is 0 Å². The van der Waals surface area contributed by atoms with Crippen LogP contribution in [0.2, 0.25) is 0 Å². The van der Waals surface area contributed by atoms with Crippen LogP contribution in [0.5, 0.6) is 5.75 Å². The third-order valence-corrected chi connectivity index (χ3v) is 4.15. The summed E-state index contributed by atoms with van der Waals surface area (Å²) < 4.78 is 19.9. The van der Waals surface area contributed by atoms with Crippen molar-refractivity contribution in [1.29, 1.82) is 0 Å². The molecule has 0 aromatic heterocycles. The molecule has 112 valence electrons. The summed E-state index contributed by atoms with van der Waals surface area (Å²) in [7, 11) is 0. The van der Waals surface area contributed by atoms with Gasteiger partial charge in [0, 0.05) is 10.4 Å². The fourth-order valence-electron chi connectivity index (χ4n) is 2.13. The molecule has 0 amide bonds. The Bertz CT molecular complexity index is 576. The molecule has 0 aliphatic rings. The van der Waals surface area contributed by atoms with Gasteiger partial charge in [-0.2, -0.15) is 0 Å². The summed E-state index contributed by atoms with van der Waals surface area (Å²) in [6.07, 6.45) is 1.61. The van der Waals surface area contributed by atoms with Gasteiger partial charge in [0.15, 0.2) is 0 Å². The molecular weight excluding hydrogens is 355 g/mol. The van der Waals surface area contributed by atoms with Crippen LogP contribution in [0.4, 0.5) is 4.39 Å². The number of hydrogen-bond acceptors (Lipinski definition) is 1. The van der Waals surface area contributed by atoms with E-state index in [0.717, 1.165) is 28.6 Å². The molecule has 0 radical (unpaired) electrons. The first-order valence-corrected chi connectivity index (χ1v) is 8.19. The first kappa shape index (κ1) is 16.3. The standard InChI is InChI=1S/C17H17BrClFO/c18-15-4-2-6-17(11-15)21-8-7-14(12-19)9-13-3-1-5-16(20)10-13/h1-6,10-11,14H,7-9,12H2. The van der Waals surface area contributed by atoms with E-state index in [1.54, 1.807) is 12.1 Å². The Morgan fingerprint density at radius 1 is 1.14 bits per heavy atom. The molecule has 0 N–H and O–H groups in total. The average molecular weight is 372 g/mol. The van der Waals surface area contributed by atoms with Gasteiger partial charge in [0.05, 0.1) is 6.61 Å². The number of benzene rings is 2. The minimum Gasteiger partial charge on any atom is -0.494 e. The summed E-state index contributed by atoms with van der Waals surface area (Å²) in [6, 6.07) is 14.4. The molecule has 0 bridgehead atoms. The lowest BCUT2D eigenvalue weighted by atomic mass is 9.98. The minimum absolute atomic E-state index is 0.203. The van der Waals surface area contributed by atoms with E-state index >= 15 is 0 Å². The predicted octanol–water partition coefficient (Wildman–Crippen LogP) is 5.45. The Morgan fingerprint density at radius 3 is 2.67 bits per heavy atom. The molecule has 0 aliphatic heterocycles. The fraction of sp³-hybridized carbons (Fsp3) is 0.294. The van der Waals surface area contributed by atoms with Crippen LogP contribution in [-0.4, -0.2) is 12.5 Å². The number of halogens is 3. The minimum atomic E-state index is -0.203. The molecular formula is C17H17BrClFO. The summed E-state index contributed by atoms with van der Waals surface area (Å²) in [5.74, 6) is 1.45. The van der Waals surface area contributed by atoms with Crippen molar-refractivity contribution in [3.63, 3.8) is 0 Å². The van der Waals surface area contributed by atoms with Gasteiger partial charge in [0.25, 0.3) is 0 Å². The maximum Gasteiger partial charge on any atom is 0.123 e. The van der Waals surface area contributed by atoms with Gasteiger partial charge in [-0.25, -0.2) is 4.39 Å². The fourth-order valence-corrected chi connectivity index (χ4v) is 2.77. The van der Waals surface area contributed by atoms with Crippen molar-refractivity contribution < 1.29 is 9.13 Å². The van der Waals surface area contributed by atoms with Crippen molar-refractivity contribution in [2.45, 2.75) is 12.8 Å². The second-order valence-electron chi connectivity index (χ2n) is 4.95. The summed E-state index contributed by atoms with van der Waals surface area (Å²) in [5.41, 5.74) is 0.975. The molecule has 0 spiro atoms. The van der Waals surface area contributed by atoms with Crippen LogP contribution >= 0.6 is 27.5 Å². The normalized spacial score (nSPS) is 12.1. The van der Waals surface area contributed by atoms with E-state index in [-0.39, 0.29) is 11.7 Å². The van der Waals surface area contributed by atoms with E-state index < -0.39 is 0 Å². The first-order valence-electron chi connectivity index (χ1n) is 6.86. The van der Waals surface area contributed by atoms with Crippen LogP contribution in [0.1, 0.15) is 12.0 Å². The zero-order valence-electron chi connectivity index (χ0n) is 11.6. The Kier molecular flexibility index (Phi) is 6.52. The summed E-state index contributed by atoms with van der Waals surface area (Å²) in [5, 5.41) is 0. The van der Waals surface area contributed by atoms with Gasteiger partial charge >= 0.3 is 0 Å². The van der Waals surface area contributed by atoms with E-state index in [0.29, 0.717) is 12.5 Å². The van der Waals surface area contributed by atoms with Gasteiger partial charge in [-0.3, -0.25) is 0 Å². The molecule has 0 aliphatic carbocycles. The number of alkyl halides is 1. The molecule has 0 heterocycles. The SMILES string of the molecule is Fc1cccc(CC(CCl)CCOc2cccc(Br)c2)c1. The monoisotopic (exact) mass is 370 g/mol. The summed E-state index contributed by atoms with van der Waals surface area (Å²) in [4.78, 5) is 0. The molecule has 2 aromatic rings. The molecule has 1 atom stereocenters. The van der Waals surface area contributed by atoms with Crippen LogP contribution in [-0.2, 0) is 6.42 Å². The molecule has 0 fully saturated rings. The smallest absolute Gasteiger partial charge is 0.123 e. The number of rotatable bonds is 7. The van der Waals surface area contributed by atoms with E-state index in [2.05, 4.69) is 15.9 Å². The van der Waals surface area contributed by atoms with E-state index in [4.69, 9.17) is 16.3 Å². The van der Waals surface area contributed by atoms with Crippen LogP contribution in [0.3, 0.4) is 0 Å². The average Bonchev–Trinajstić information content (AvgIpc) is 2.46. The van der Waals surface area contributed by atoms with Crippen molar-refractivity contribution in [1.82, 2.24) is 0 Å². The maximum absolute atomic E-state index is 13.2. The van der Waals surface area contributed by atoms with Gasteiger partial charge in [-0.15, -0.1) is 11.6 Å². The second kappa shape index (κ2) is 8.40. The van der Waals surface area contributed by atoms with Crippen molar-refractivity contribution in [2.24, 2.45) is 5.92 Å². The van der Waals surface area contributed by atoms with Crippen molar-refractivity contribution in [2.75, 3.05) is 12.5 Å². The van der Waals surface area contributed by atoms with Crippen molar-refractivity contribution >= 4 is 27.5 Å². The lowest BCUT2D eigenvalue weighted by Gasteiger charge is -2.14. The molecule has 0 saturated heterocycles. The number of hydrogen-bond donors (Lipinski definition) is 0. The van der Waals surface area contributed by atoms with Crippen LogP contribution in [0, 0.1) is 11.7 Å². The van der Waals surface area contributed by atoms with E-state index in [9.17, 15) is 4.39 Å². The van der Waals surface area contributed by atoms with E-state index in [1.165, 1.54) is 6.07 Å². The van der Waals surface area contributed by atoms with Crippen molar-refractivity contribution in [3.8, 4) is 5.75 Å². The van der Waals surface area contributed by atoms with Gasteiger partial charge < -0.3 is 4.74 Å². The quantitative estimate of drug-likeness (QED) is 0.588. The highest BCUT2D eigenvalue weighted by Gasteiger charge is 2.10. The third-order valence-electron chi connectivity index (χ3n) is 3.22. The number of ether oxygens (including phenoxy) is 1. The van der Waals surface area contributed by atoms with Gasteiger partial charge in [-0.1, -0.05) is 34.1 Å². The zero-order valence-corrected chi connectivity index (χ0v) is 13.9. The Hall–Kier alpha value is -1.06. The Balaban J connectivity index is 1.82. The lowest BCUT2D eigenvalue weighted by Crippen LogP contribution is -2.11. The summed E-state index contributed by atoms with van der Waals surface area (Å²) >= 11 is 9.42. The van der Waals surface area contributed by atoms with Gasteiger partial charge in [-0.05, 0) is 54.7 Å². The Labute approximate surface area is 138 Å². The predicted molar refractivity (Wildman–Crippen MR) is 88.6 cm³/mol. The lowest BCUT2D eigenvalue weighted by molar-refractivity contribution is 0.284. The third kappa shape index (κ3) is 5.68. The molecule has 1 nitrogen and oxygen atoms in total. The molecule has 21 heavy (non-hydrogen) atoms. The second-order valence-corrected chi connectivity index (χ2v) is 6.17. The molecule has 0 saturated carbocycles. The highest BCUT2D eigenvalue weighted by atomic mass is 79.9. The molecule has 2 aromatic carbocycles. The molecule has 4 heteroatoms. The van der Waals surface area contributed by atoms with Crippen LogP contribution in [0.15, 0.2) is 53.0 Å². The maximum atomic E-state index is 13.2. The topological polar surface area (TPSA) is 9.23 Å². The van der Waals surface area contributed by atoms with Crippen molar-refractivity contribution in [3.05, 3.63) is 64.4 Å². The summed E-state index contributed by atoms with van der Waals surface area (Å²) in [6.45, 7) is 0.600. The Morgan fingerprint density at radius 2 is 1.95 bits per heavy atom. The zero-order chi connectivity index (χ0) is 15.1.